The number of nitro benzene ring substituents is 2. The van der Waals surface area contributed by atoms with Crippen LogP contribution in [0.3, 0.4) is 0 Å². The maximum absolute atomic E-state index is 12.7. The van der Waals surface area contributed by atoms with E-state index in [4.69, 9.17) is 0 Å². The Balaban J connectivity index is 1.65. The quantitative estimate of drug-likeness (QED) is 0.561. The van der Waals surface area contributed by atoms with Crippen LogP contribution < -0.4 is 0 Å². The van der Waals surface area contributed by atoms with Gasteiger partial charge in [0.15, 0.2) is 0 Å². The molecular formula is C20H20N4O6. The number of rotatable bonds is 4. The molecule has 0 N–H and O–H groups in total. The van der Waals surface area contributed by atoms with E-state index in [-0.39, 0.29) is 23.2 Å². The SMILES string of the molecule is Cc1cc(C(=O)N2CCN(C(=O)c3ccc([N+](=O)[O-])c(C)c3)CC2)ccc1[N+](=O)[O-]. The fourth-order valence-electron chi connectivity index (χ4n) is 3.46. The standard InChI is InChI=1S/C20H20N4O6/c1-13-11-15(3-5-17(13)23(27)28)19(25)21-7-9-22(10-8-21)20(26)16-4-6-18(24(29)30)14(2)12-16/h3-6,11-12H,7-10H2,1-2H3. The van der Waals surface area contributed by atoms with Gasteiger partial charge in [-0.2, -0.15) is 0 Å². The second-order valence-electron chi connectivity index (χ2n) is 7.10. The van der Waals surface area contributed by atoms with Gasteiger partial charge in [-0.1, -0.05) is 0 Å². The van der Waals surface area contributed by atoms with Gasteiger partial charge in [0.25, 0.3) is 23.2 Å². The summed E-state index contributed by atoms with van der Waals surface area (Å²) in [7, 11) is 0. The Morgan fingerprint density at radius 1 is 0.733 bits per heavy atom. The van der Waals surface area contributed by atoms with E-state index in [0.717, 1.165) is 0 Å². The van der Waals surface area contributed by atoms with Crippen molar-refractivity contribution in [3.05, 3.63) is 78.9 Å². The number of hydrogen-bond donors (Lipinski definition) is 0. The third-order valence-electron chi connectivity index (χ3n) is 5.13. The highest BCUT2D eigenvalue weighted by Crippen LogP contribution is 2.22. The first-order valence-corrected chi connectivity index (χ1v) is 9.27. The molecule has 0 bridgehead atoms. The topological polar surface area (TPSA) is 127 Å². The Kier molecular flexibility index (Phi) is 5.77. The summed E-state index contributed by atoms with van der Waals surface area (Å²) in [6.07, 6.45) is 0. The van der Waals surface area contributed by atoms with E-state index in [9.17, 15) is 29.8 Å². The van der Waals surface area contributed by atoms with Gasteiger partial charge in [0.2, 0.25) is 0 Å². The molecule has 0 aromatic heterocycles. The molecule has 156 valence electrons. The molecule has 10 heteroatoms. The van der Waals surface area contributed by atoms with Crippen LogP contribution in [0.15, 0.2) is 36.4 Å². The van der Waals surface area contributed by atoms with Gasteiger partial charge < -0.3 is 9.80 Å². The minimum Gasteiger partial charge on any atom is -0.335 e. The summed E-state index contributed by atoms with van der Waals surface area (Å²) in [5.41, 5.74) is 1.47. The smallest absolute Gasteiger partial charge is 0.272 e. The second kappa shape index (κ2) is 8.27. The lowest BCUT2D eigenvalue weighted by molar-refractivity contribution is -0.385. The van der Waals surface area contributed by atoms with Gasteiger partial charge in [-0.3, -0.25) is 29.8 Å². The first-order valence-electron chi connectivity index (χ1n) is 9.27. The zero-order valence-corrected chi connectivity index (χ0v) is 16.5. The van der Waals surface area contributed by atoms with Crippen molar-refractivity contribution < 1.29 is 19.4 Å². The molecule has 0 saturated carbocycles. The molecule has 10 nitrogen and oxygen atoms in total. The van der Waals surface area contributed by atoms with Crippen molar-refractivity contribution in [2.45, 2.75) is 13.8 Å². The van der Waals surface area contributed by atoms with Gasteiger partial charge in [-0.05, 0) is 38.1 Å². The zero-order valence-electron chi connectivity index (χ0n) is 16.5. The van der Waals surface area contributed by atoms with Crippen LogP contribution in [-0.4, -0.2) is 57.6 Å². The van der Waals surface area contributed by atoms with E-state index in [1.807, 2.05) is 0 Å². The van der Waals surface area contributed by atoms with Gasteiger partial charge in [-0.25, -0.2) is 0 Å². The maximum atomic E-state index is 12.7. The van der Waals surface area contributed by atoms with Gasteiger partial charge in [0.05, 0.1) is 9.85 Å². The molecule has 2 aromatic carbocycles. The Labute approximate surface area is 172 Å². The highest BCUT2D eigenvalue weighted by molar-refractivity contribution is 5.96. The lowest BCUT2D eigenvalue weighted by Crippen LogP contribution is -2.50. The maximum Gasteiger partial charge on any atom is 0.272 e. The number of amides is 2. The van der Waals surface area contributed by atoms with Crippen LogP contribution in [0.1, 0.15) is 31.8 Å². The number of carbonyl (C=O) groups is 2. The third kappa shape index (κ3) is 4.12. The predicted octanol–water partition coefficient (Wildman–Crippen LogP) is 2.72. The number of piperazine rings is 1. The first-order chi connectivity index (χ1) is 14.2. The minimum atomic E-state index is -0.492. The molecule has 30 heavy (non-hydrogen) atoms. The van der Waals surface area contributed by atoms with Crippen molar-refractivity contribution in [1.29, 1.82) is 0 Å². The van der Waals surface area contributed by atoms with Gasteiger partial charge in [0.1, 0.15) is 0 Å². The summed E-state index contributed by atoms with van der Waals surface area (Å²) in [5.74, 6) is -0.488. The zero-order chi connectivity index (χ0) is 22.0. The monoisotopic (exact) mass is 412 g/mol. The van der Waals surface area contributed by atoms with Crippen LogP contribution in [-0.2, 0) is 0 Å². The van der Waals surface area contributed by atoms with E-state index >= 15 is 0 Å². The Morgan fingerprint density at radius 2 is 1.07 bits per heavy atom. The molecule has 2 aromatic rings. The summed E-state index contributed by atoms with van der Waals surface area (Å²) in [4.78, 5) is 49.5. The van der Waals surface area contributed by atoms with Crippen molar-refractivity contribution in [2.75, 3.05) is 26.2 Å². The molecule has 2 amide bonds. The van der Waals surface area contributed by atoms with Crippen LogP contribution >= 0.6 is 0 Å². The van der Waals surface area contributed by atoms with Crippen molar-refractivity contribution in [1.82, 2.24) is 9.80 Å². The molecule has 0 aliphatic carbocycles. The number of nitro groups is 2. The highest BCUT2D eigenvalue weighted by atomic mass is 16.6. The number of hydrogen-bond acceptors (Lipinski definition) is 6. The molecule has 1 heterocycles. The molecule has 1 saturated heterocycles. The molecular weight excluding hydrogens is 392 g/mol. The number of carbonyl (C=O) groups excluding carboxylic acids is 2. The van der Waals surface area contributed by atoms with Crippen LogP contribution in [0.2, 0.25) is 0 Å². The number of aryl methyl sites for hydroxylation is 2. The average molecular weight is 412 g/mol. The molecule has 0 radical (unpaired) electrons. The average Bonchev–Trinajstić information content (AvgIpc) is 2.72. The van der Waals surface area contributed by atoms with E-state index < -0.39 is 9.85 Å². The Hall–Kier alpha value is -3.82. The van der Waals surface area contributed by atoms with Crippen molar-refractivity contribution >= 4 is 23.2 Å². The van der Waals surface area contributed by atoms with E-state index in [1.165, 1.54) is 36.4 Å². The minimum absolute atomic E-state index is 0.0413. The van der Waals surface area contributed by atoms with E-state index in [0.29, 0.717) is 48.4 Å². The first kappa shape index (κ1) is 20.9. The molecule has 1 aliphatic rings. The second-order valence-corrected chi connectivity index (χ2v) is 7.10. The predicted molar refractivity (Wildman–Crippen MR) is 107 cm³/mol. The fourth-order valence-corrected chi connectivity index (χ4v) is 3.46. The van der Waals surface area contributed by atoms with Crippen LogP contribution in [0.5, 0.6) is 0 Å². The van der Waals surface area contributed by atoms with Crippen LogP contribution in [0, 0.1) is 34.1 Å². The largest absolute Gasteiger partial charge is 0.335 e. The number of nitrogens with zero attached hydrogens (tertiary/aromatic N) is 4. The fraction of sp³-hybridized carbons (Fsp3) is 0.300. The van der Waals surface area contributed by atoms with E-state index in [1.54, 1.807) is 23.6 Å². The van der Waals surface area contributed by atoms with Crippen molar-refractivity contribution in [3.63, 3.8) is 0 Å². The van der Waals surface area contributed by atoms with Crippen LogP contribution in [0.25, 0.3) is 0 Å². The van der Waals surface area contributed by atoms with Crippen molar-refractivity contribution in [3.8, 4) is 0 Å². The molecule has 0 unspecified atom stereocenters. The lowest BCUT2D eigenvalue weighted by atomic mass is 10.1. The summed E-state index contributed by atoms with van der Waals surface area (Å²) >= 11 is 0. The normalized spacial score (nSPS) is 13.8. The Morgan fingerprint density at radius 3 is 1.33 bits per heavy atom. The lowest BCUT2D eigenvalue weighted by Gasteiger charge is -2.35. The Bertz CT molecular complexity index is 960. The van der Waals surface area contributed by atoms with Gasteiger partial charge in [0, 0.05) is 60.6 Å². The molecule has 1 fully saturated rings. The summed E-state index contributed by atoms with van der Waals surface area (Å²) < 4.78 is 0. The van der Waals surface area contributed by atoms with Crippen molar-refractivity contribution in [2.24, 2.45) is 0 Å². The molecule has 0 atom stereocenters. The molecule has 1 aliphatic heterocycles. The summed E-state index contributed by atoms with van der Waals surface area (Å²) in [6.45, 7) is 4.47. The van der Waals surface area contributed by atoms with E-state index in [2.05, 4.69) is 0 Å². The number of benzene rings is 2. The highest BCUT2D eigenvalue weighted by Gasteiger charge is 2.27. The molecule has 3 rings (SSSR count). The van der Waals surface area contributed by atoms with Crippen LogP contribution in [0.4, 0.5) is 11.4 Å². The van der Waals surface area contributed by atoms with Gasteiger partial charge >= 0.3 is 0 Å². The third-order valence-corrected chi connectivity index (χ3v) is 5.13. The summed E-state index contributed by atoms with van der Waals surface area (Å²) in [6, 6.07) is 8.50. The summed E-state index contributed by atoms with van der Waals surface area (Å²) in [5, 5.41) is 21.9. The van der Waals surface area contributed by atoms with Gasteiger partial charge in [-0.15, -0.1) is 0 Å². The molecule has 0 spiro atoms.